The van der Waals surface area contributed by atoms with Gasteiger partial charge in [-0.3, -0.25) is 4.79 Å². The fourth-order valence-corrected chi connectivity index (χ4v) is 3.89. The molecule has 0 aliphatic heterocycles. The van der Waals surface area contributed by atoms with Crippen LogP contribution in [0, 0.1) is 6.92 Å². The summed E-state index contributed by atoms with van der Waals surface area (Å²) in [5.74, 6) is -0.721. The van der Waals surface area contributed by atoms with Crippen LogP contribution in [0.4, 0.5) is 0 Å². The summed E-state index contributed by atoms with van der Waals surface area (Å²) in [6, 6.07) is 7.62. The maximum Gasteiger partial charge on any atom is 0.339 e. The molecule has 6 heteroatoms. The molecule has 2 aromatic heterocycles. The number of carbonyl (C=O) groups is 2. The lowest BCUT2D eigenvalue weighted by atomic mass is 9.90. The molecule has 150 valence electrons. The van der Waals surface area contributed by atoms with Crippen LogP contribution in [-0.4, -0.2) is 33.1 Å². The second-order valence-electron chi connectivity index (χ2n) is 7.92. The van der Waals surface area contributed by atoms with E-state index in [1.807, 2.05) is 39.0 Å². The van der Waals surface area contributed by atoms with E-state index in [-0.39, 0.29) is 18.4 Å². The van der Waals surface area contributed by atoms with Crippen LogP contribution in [0.15, 0.2) is 30.5 Å². The molecule has 6 nitrogen and oxygen atoms in total. The van der Waals surface area contributed by atoms with Crippen LogP contribution in [0.25, 0.3) is 11.0 Å². The van der Waals surface area contributed by atoms with Crippen molar-refractivity contribution in [2.45, 2.75) is 52.5 Å². The third-order valence-electron chi connectivity index (χ3n) is 5.41. The number of pyridine rings is 1. The van der Waals surface area contributed by atoms with Gasteiger partial charge in [-0.15, -0.1) is 0 Å². The van der Waals surface area contributed by atoms with E-state index in [0.29, 0.717) is 27.9 Å². The average Bonchev–Trinajstić information content (AvgIpc) is 3.14. The second kappa shape index (κ2) is 7.78. The number of Topliss-reactive ketones (excluding diaryl/α,β-unsaturated/α-hetero) is 1. The standard InChI is InChI=1S/C23H25N3O3/c1-14(2)26-22-20(12-24-26)19(10-15(3)25-22)23(28)29-13-21(27)18-9-8-16-6-4-5-7-17(16)11-18/h8-12,14H,4-7,13H2,1-3H3. The van der Waals surface area contributed by atoms with Crippen LogP contribution in [0.1, 0.15) is 70.3 Å². The monoisotopic (exact) mass is 391 g/mol. The van der Waals surface area contributed by atoms with Crippen molar-refractivity contribution in [3.63, 3.8) is 0 Å². The first-order valence-corrected chi connectivity index (χ1v) is 10.1. The molecule has 0 N–H and O–H groups in total. The van der Waals surface area contributed by atoms with Gasteiger partial charge in [-0.05, 0) is 69.7 Å². The summed E-state index contributed by atoms with van der Waals surface area (Å²) in [4.78, 5) is 29.8. The van der Waals surface area contributed by atoms with Gasteiger partial charge in [-0.1, -0.05) is 12.1 Å². The molecule has 0 fully saturated rings. The number of carbonyl (C=O) groups excluding carboxylic acids is 2. The quantitative estimate of drug-likeness (QED) is 0.480. The Morgan fingerprint density at radius 1 is 1.14 bits per heavy atom. The van der Waals surface area contributed by atoms with Crippen LogP contribution < -0.4 is 0 Å². The summed E-state index contributed by atoms with van der Waals surface area (Å²) in [6.07, 6.45) is 6.06. The van der Waals surface area contributed by atoms with Crippen LogP contribution in [-0.2, 0) is 17.6 Å². The summed E-state index contributed by atoms with van der Waals surface area (Å²) in [5.41, 5.74) is 4.89. The fraction of sp³-hybridized carbons (Fsp3) is 0.391. The van der Waals surface area contributed by atoms with Crippen molar-refractivity contribution in [1.29, 1.82) is 0 Å². The van der Waals surface area contributed by atoms with Gasteiger partial charge in [0.25, 0.3) is 0 Å². The van der Waals surface area contributed by atoms with Crippen molar-refractivity contribution in [3.8, 4) is 0 Å². The van der Waals surface area contributed by atoms with E-state index < -0.39 is 5.97 Å². The number of aryl methyl sites for hydroxylation is 3. The zero-order valence-corrected chi connectivity index (χ0v) is 17.1. The molecule has 0 saturated carbocycles. The third-order valence-corrected chi connectivity index (χ3v) is 5.41. The van der Waals surface area contributed by atoms with Gasteiger partial charge in [-0.25, -0.2) is 14.5 Å². The Morgan fingerprint density at radius 3 is 2.66 bits per heavy atom. The molecular weight excluding hydrogens is 366 g/mol. The minimum atomic E-state index is -0.532. The highest BCUT2D eigenvalue weighted by atomic mass is 16.5. The number of benzene rings is 1. The van der Waals surface area contributed by atoms with Gasteiger partial charge >= 0.3 is 5.97 Å². The molecule has 29 heavy (non-hydrogen) atoms. The predicted molar refractivity (Wildman–Crippen MR) is 110 cm³/mol. The van der Waals surface area contributed by atoms with Crippen LogP contribution in [0.3, 0.4) is 0 Å². The number of aromatic nitrogens is 3. The zero-order chi connectivity index (χ0) is 20.5. The summed E-state index contributed by atoms with van der Waals surface area (Å²) in [5, 5.41) is 4.98. The highest BCUT2D eigenvalue weighted by molar-refractivity contribution is 6.04. The summed E-state index contributed by atoms with van der Waals surface area (Å²) >= 11 is 0. The van der Waals surface area contributed by atoms with Crippen LogP contribution in [0.5, 0.6) is 0 Å². The molecule has 3 aromatic rings. The molecule has 0 atom stereocenters. The minimum absolute atomic E-state index is 0.122. The van der Waals surface area contributed by atoms with E-state index in [4.69, 9.17) is 4.74 Å². The molecule has 0 bridgehead atoms. The maximum atomic E-state index is 12.7. The molecular formula is C23H25N3O3. The minimum Gasteiger partial charge on any atom is -0.454 e. The Morgan fingerprint density at radius 2 is 1.90 bits per heavy atom. The topological polar surface area (TPSA) is 74.1 Å². The molecule has 1 aliphatic carbocycles. The van der Waals surface area contributed by atoms with Crippen molar-refractivity contribution < 1.29 is 14.3 Å². The zero-order valence-electron chi connectivity index (χ0n) is 17.1. The van der Waals surface area contributed by atoms with Crippen LogP contribution in [0.2, 0.25) is 0 Å². The lowest BCUT2D eigenvalue weighted by molar-refractivity contribution is 0.0476. The van der Waals surface area contributed by atoms with Gasteiger partial charge in [-0.2, -0.15) is 5.10 Å². The van der Waals surface area contributed by atoms with E-state index >= 15 is 0 Å². The Labute approximate surface area is 169 Å². The molecule has 1 aliphatic rings. The van der Waals surface area contributed by atoms with E-state index in [1.165, 1.54) is 17.5 Å². The number of ether oxygens (including phenoxy) is 1. The second-order valence-corrected chi connectivity index (χ2v) is 7.92. The largest absolute Gasteiger partial charge is 0.454 e. The molecule has 0 radical (unpaired) electrons. The van der Waals surface area contributed by atoms with Gasteiger partial charge in [0.1, 0.15) is 0 Å². The fourth-order valence-electron chi connectivity index (χ4n) is 3.89. The van der Waals surface area contributed by atoms with E-state index in [2.05, 4.69) is 10.1 Å². The Balaban J connectivity index is 1.52. The van der Waals surface area contributed by atoms with Gasteiger partial charge in [0.2, 0.25) is 0 Å². The Hall–Kier alpha value is -3.02. The lowest BCUT2D eigenvalue weighted by Crippen LogP contribution is -2.16. The summed E-state index contributed by atoms with van der Waals surface area (Å²) < 4.78 is 7.14. The van der Waals surface area contributed by atoms with E-state index in [1.54, 1.807) is 16.9 Å². The normalized spacial score (nSPS) is 13.5. The van der Waals surface area contributed by atoms with Gasteiger partial charge < -0.3 is 4.74 Å². The highest BCUT2D eigenvalue weighted by Gasteiger charge is 2.20. The first-order valence-electron chi connectivity index (χ1n) is 10.1. The Kier molecular flexibility index (Phi) is 5.18. The molecule has 0 unspecified atom stereocenters. The summed E-state index contributed by atoms with van der Waals surface area (Å²) in [6.45, 7) is 5.56. The molecule has 0 saturated heterocycles. The molecule has 2 heterocycles. The van der Waals surface area contributed by atoms with E-state index in [0.717, 1.165) is 19.3 Å². The van der Waals surface area contributed by atoms with Crippen molar-refractivity contribution in [2.24, 2.45) is 0 Å². The predicted octanol–water partition coefficient (Wildman–Crippen LogP) is 4.24. The van der Waals surface area contributed by atoms with Crippen molar-refractivity contribution >= 4 is 22.8 Å². The molecule has 1 aromatic carbocycles. The van der Waals surface area contributed by atoms with Crippen LogP contribution >= 0.6 is 0 Å². The van der Waals surface area contributed by atoms with Gasteiger partial charge in [0.05, 0.1) is 17.1 Å². The lowest BCUT2D eigenvalue weighted by Gasteiger charge is -2.16. The smallest absolute Gasteiger partial charge is 0.339 e. The van der Waals surface area contributed by atoms with Crippen molar-refractivity contribution in [2.75, 3.05) is 6.61 Å². The van der Waals surface area contributed by atoms with Gasteiger partial charge in [0.15, 0.2) is 18.0 Å². The number of esters is 1. The summed E-state index contributed by atoms with van der Waals surface area (Å²) in [7, 11) is 0. The first kappa shape index (κ1) is 19.3. The molecule has 4 rings (SSSR count). The number of fused-ring (bicyclic) bond motifs is 2. The SMILES string of the molecule is Cc1cc(C(=O)OCC(=O)c2ccc3c(c2)CCCC3)c2cnn(C(C)C)c2n1. The molecule has 0 spiro atoms. The van der Waals surface area contributed by atoms with Gasteiger partial charge in [0, 0.05) is 17.3 Å². The first-order chi connectivity index (χ1) is 13.9. The van der Waals surface area contributed by atoms with Crippen molar-refractivity contribution in [3.05, 3.63) is 58.4 Å². The van der Waals surface area contributed by atoms with E-state index in [9.17, 15) is 9.59 Å². The number of hydrogen-bond donors (Lipinski definition) is 0. The van der Waals surface area contributed by atoms with Crippen molar-refractivity contribution in [1.82, 2.24) is 14.8 Å². The third kappa shape index (κ3) is 3.79. The molecule has 0 amide bonds. The average molecular weight is 391 g/mol. The number of rotatable bonds is 5. The number of nitrogens with zero attached hydrogens (tertiary/aromatic N) is 3. The number of hydrogen-bond acceptors (Lipinski definition) is 5. The number of ketones is 1. The highest BCUT2D eigenvalue weighted by Crippen LogP contribution is 2.23. The maximum absolute atomic E-state index is 12.7. The Bertz CT molecular complexity index is 1100.